The van der Waals surface area contributed by atoms with Crippen LogP contribution < -0.4 is 5.32 Å². The Morgan fingerprint density at radius 1 is 1.23 bits per heavy atom. The fraction of sp³-hybridized carbons (Fsp3) is 0.600. The summed E-state index contributed by atoms with van der Waals surface area (Å²) in [6.45, 7) is 4.73. The second kappa shape index (κ2) is 5.28. The van der Waals surface area contributed by atoms with Gasteiger partial charge in [-0.1, -0.05) is 41.1 Å². The highest BCUT2D eigenvalue weighted by Gasteiger charge is 2.62. The Kier molecular flexibility index (Phi) is 3.48. The number of aromatic nitrogens is 1. The Balaban J connectivity index is 1.46. The molecule has 4 aliphatic rings. The Labute approximate surface area is 164 Å². The van der Waals surface area contributed by atoms with E-state index >= 15 is 0 Å². The van der Waals surface area contributed by atoms with Crippen LogP contribution in [-0.2, 0) is 4.79 Å². The first kappa shape index (κ1) is 17.1. The molecule has 4 saturated carbocycles. The van der Waals surface area contributed by atoms with Gasteiger partial charge in [-0.25, -0.2) is 9.37 Å². The van der Waals surface area contributed by atoms with E-state index in [1.165, 1.54) is 36.7 Å². The van der Waals surface area contributed by atoms with E-state index in [0.717, 1.165) is 24.0 Å². The third-order valence-corrected chi connectivity index (χ3v) is 8.12. The van der Waals surface area contributed by atoms with Gasteiger partial charge in [-0.15, -0.1) is 0 Å². The molecule has 6 rings (SSSR count). The molecule has 1 amide bonds. The molecule has 138 valence electrons. The normalized spacial score (nSPS) is 38.1. The standard InChI is InChI=1S/C20H22BrFN2OS/c1-18-5-11-6-19(2,8-18)10-20(7-11,9-18)16(25)24-17-23-15-13(22)3-12(21)4-14(15)26-17/h3-4,11H,5-10H2,1-2H3,(H,23,24,25). The average Bonchev–Trinajstić information content (AvgIpc) is 2.86. The third-order valence-electron chi connectivity index (χ3n) is 6.74. The summed E-state index contributed by atoms with van der Waals surface area (Å²) >= 11 is 4.66. The first-order chi connectivity index (χ1) is 12.2. The number of anilines is 1. The monoisotopic (exact) mass is 436 g/mol. The van der Waals surface area contributed by atoms with Crippen molar-refractivity contribution in [2.45, 2.75) is 52.4 Å². The Hall–Kier alpha value is -1.01. The van der Waals surface area contributed by atoms with Crippen molar-refractivity contribution in [1.29, 1.82) is 0 Å². The zero-order valence-electron chi connectivity index (χ0n) is 15.0. The van der Waals surface area contributed by atoms with Crippen LogP contribution in [0, 0.1) is 28.0 Å². The molecule has 6 heteroatoms. The van der Waals surface area contributed by atoms with E-state index in [2.05, 4.69) is 40.1 Å². The van der Waals surface area contributed by atoms with Crippen molar-refractivity contribution < 1.29 is 9.18 Å². The molecule has 1 aromatic heterocycles. The van der Waals surface area contributed by atoms with E-state index < -0.39 is 0 Å². The van der Waals surface area contributed by atoms with Gasteiger partial charge in [0.2, 0.25) is 5.91 Å². The average molecular weight is 437 g/mol. The Morgan fingerprint density at radius 2 is 1.92 bits per heavy atom. The van der Waals surface area contributed by atoms with E-state index in [1.807, 2.05) is 6.07 Å². The van der Waals surface area contributed by atoms with Crippen LogP contribution in [0.3, 0.4) is 0 Å². The van der Waals surface area contributed by atoms with Crippen LogP contribution in [0.5, 0.6) is 0 Å². The fourth-order valence-electron chi connectivity index (χ4n) is 6.94. The molecular formula is C20H22BrFN2OS. The smallest absolute Gasteiger partial charge is 0.232 e. The second-order valence-electron chi connectivity index (χ2n) is 9.62. The highest BCUT2D eigenvalue weighted by molar-refractivity contribution is 9.10. The lowest BCUT2D eigenvalue weighted by atomic mass is 9.40. The quantitative estimate of drug-likeness (QED) is 0.614. The molecule has 2 atom stereocenters. The summed E-state index contributed by atoms with van der Waals surface area (Å²) in [4.78, 5) is 17.7. The Bertz CT molecular complexity index is 923. The summed E-state index contributed by atoms with van der Waals surface area (Å²) in [6.07, 6.45) is 6.71. The maximum Gasteiger partial charge on any atom is 0.232 e. The van der Waals surface area contributed by atoms with E-state index in [-0.39, 0.29) is 28.0 Å². The third kappa shape index (κ3) is 2.55. The lowest BCUT2D eigenvalue weighted by molar-refractivity contribution is -0.165. The van der Waals surface area contributed by atoms with Gasteiger partial charge in [0.25, 0.3) is 0 Å². The molecule has 0 aliphatic heterocycles. The number of amides is 1. The summed E-state index contributed by atoms with van der Waals surface area (Å²) < 4.78 is 15.5. The number of fused-ring (bicyclic) bond motifs is 1. The number of hydrogen-bond donors (Lipinski definition) is 1. The molecule has 4 fully saturated rings. The van der Waals surface area contributed by atoms with Gasteiger partial charge in [-0.2, -0.15) is 0 Å². The SMILES string of the molecule is CC12CC3CC(C)(C1)CC(C(=O)Nc1nc4c(F)cc(Br)cc4s1)(C3)C2. The number of halogens is 2. The zero-order chi connectivity index (χ0) is 18.3. The molecule has 0 spiro atoms. The number of carbonyl (C=O) groups is 1. The minimum atomic E-state index is -0.360. The van der Waals surface area contributed by atoms with Crippen molar-refractivity contribution in [1.82, 2.24) is 4.98 Å². The highest BCUT2D eigenvalue weighted by Crippen LogP contribution is 2.69. The van der Waals surface area contributed by atoms with Gasteiger partial charge in [0.1, 0.15) is 5.52 Å². The second-order valence-corrected chi connectivity index (χ2v) is 11.6. The number of thiazole rings is 1. The summed E-state index contributed by atoms with van der Waals surface area (Å²) in [6, 6.07) is 3.26. The first-order valence-electron chi connectivity index (χ1n) is 9.25. The summed E-state index contributed by atoms with van der Waals surface area (Å²) in [5.74, 6) is 0.397. The minimum Gasteiger partial charge on any atom is -0.301 e. The molecule has 2 unspecified atom stereocenters. The van der Waals surface area contributed by atoms with Crippen LogP contribution in [0.4, 0.5) is 9.52 Å². The zero-order valence-corrected chi connectivity index (χ0v) is 17.4. The van der Waals surface area contributed by atoms with Crippen LogP contribution in [0.2, 0.25) is 0 Å². The van der Waals surface area contributed by atoms with Crippen molar-refractivity contribution in [2.24, 2.45) is 22.2 Å². The van der Waals surface area contributed by atoms with Crippen molar-refractivity contribution in [3.05, 3.63) is 22.4 Å². The molecule has 1 N–H and O–H groups in total. The van der Waals surface area contributed by atoms with Gasteiger partial charge in [0.05, 0.1) is 10.1 Å². The predicted molar refractivity (Wildman–Crippen MR) is 106 cm³/mol. The summed E-state index contributed by atoms with van der Waals surface area (Å²) in [5.41, 5.74) is 0.629. The van der Waals surface area contributed by atoms with Gasteiger partial charge < -0.3 is 5.32 Å². The first-order valence-corrected chi connectivity index (χ1v) is 10.9. The predicted octanol–water partition coefficient (Wildman–Crippen LogP) is 6.13. The number of nitrogens with one attached hydrogen (secondary N) is 1. The van der Waals surface area contributed by atoms with Crippen molar-refractivity contribution >= 4 is 48.5 Å². The molecule has 2 aromatic rings. The topological polar surface area (TPSA) is 42.0 Å². The van der Waals surface area contributed by atoms with Crippen LogP contribution in [-0.4, -0.2) is 10.9 Å². The molecule has 0 radical (unpaired) electrons. The van der Waals surface area contributed by atoms with Crippen LogP contribution in [0.15, 0.2) is 16.6 Å². The number of rotatable bonds is 2. The number of nitrogens with zero attached hydrogens (tertiary/aromatic N) is 1. The number of carbonyl (C=O) groups excluding carboxylic acids is 1. The number of benzene rings is 1. The van der Waals surface area contributed by atoms with Crippen molar-refractivity contribution in [3.63, 3.8) is 0 Å². The molecular weight excluding hydrogens is 415 g/mol. The van der Waals surface area contributed by atoms with Crippen LogP contribution in [0.25, 0.3) is 10.2 Å². The molecule has 26 heavy (non-hydrogen) atoms. The maximum atomic E-state index is 14.1. The van der Waals surface area contributed by atoms with Gasteiger partial charge >= 0.3 is 0 Å². The number of hydrogen-bond acceptors (Lipinski definition) is 3. The summed E-state index contributed by atoms with van der Waals surface area (Å²) in [7, 11) is 0. The Morgan fingerprint density at radius 3 is 2.58 bits per heavy atom. The van der Waals surface area contributed by atoms with Crippen LogP contribution in [0.1, 0.15) is 52.4 Å². The van der Waals surface area contributed by atoms with E-state index in [9.17, 15) is 9.18 Å². The molecule has 4 aliphatic carbocycles. The molecule has 3 nitrogen and oxygen atoms in total. The molecule has 1 heterocycles. The molecule has 1 aromatic carbocycles. The van der Waals surface area contributed by atoms with E-state index in [1.54, 1.807) is 0 Å². The van der Waals surface area contributed by atoms with E-state index in [4.69, 9.17) is 0 Å². The molecule has 0 saturated heterocycles. The lowest BCUT2D eigenvalue weighted by Gasteiger charge is -2.64. The lowest BCUT2D eigenvalue weighted by Crippen LogP contribution is -2.58. The van der Waals surface area contributed by atoms with Crippen molar-refractivity contribution in [2.75, 3.05) is 5.32 Å². The van der Waals surface area contributed by atoms with E-state index in [0.29, 0.717) is 21.0 Å². The van der Waals surface area contributed by atoms with Gasteiger partial charge in [-0.05, 0) is 67.4 Å². The molecule has 4 bridgehead atoms. The minimum absolute atomic E-state index is 0.0950. The fourth-order valence-corrected chi connectivity index (χ4v) is 8.44. The summed E-state index contributed by atoms with van der Waals surface area (Å²) in [5, 5.41) is 3.56. The largest absolute Gasteiger partial charge is 0.301 e. The highest BCUT2D eigenvalue weighted by atomic mass is 79.9. The van der Waals surface area contributed by atoms with Crippen LogP contribution >= 0.6 is 27.3 Å². The van der Waals surface area contributed by atoms with Gasteiger partial charge in [0, 0.05) is 4.47 Å². The van der Waals surface area contributed by atoms with Gasteiger partial charge in [0.15, 0.2) is 10.9 Å². The van der Waals surface area contributed by atoms with Gasteiger partial charge in [-0.3, -0.25) is 4.79 Å². The maximum absolute atomic E-state index is 14.1. The van der Waals surface area contributed by atoms with Crippen molar-refractivity contribution in [3.8, 4) is 0 Å².